The molecule has 1 aromatic carbocycles. The number of hydrogen-bond donors (Lipinski definition) is 1. The molecule has 0 aliphatic heterocycles. The number of aliphatic hydroxyl groups excluding tert-OH is 1. The Morgan fingerprint density at radius 3 is 2.61 bits per heavy atom. The Morgan fingerprint density at radius 2 is 2.11 bits per heavy atom. The molecule has 5 nitrogen and oxygen atoms in total. The highest BCUT2D eigenvalue weighted by Crippen LogP contribution is 2.30. The Labute approximate surface area is 101 Å². The number of nitro benzene ring substituents is 1. The van der Waals surface area contributed by atoms with Gasteiger partial charge < -0.3 is 10.0 Å². The van der Waals surface area contributed by atoms with Gasteiger partial charge in [0.05, 0.1) is 18.1 Å². The number of para-hydroxylation sites is 1. The predicted molar refractivity (Wildman–Crippen MR) is 58.4 cm³/mol. The average molecular weight is 264 g/mol. The number of halogens is 3. The quantitative estimate of drug-likeness (QED) is 0.628. The lowest BCUT2D eigenvalue weighted by Crippen LogP contribution is -2.32. The van der Waals surface area contributed by atoms with E-state index in [0.717, 1.165) is 11.0 Å². The minimum Gasteiger partial charge on any atom is -0.395 e. The zero-order valence-corrected chi connectivity index (χ0v) is 9.22. The van der Waals surface area contributed by atoms with Crippen LogP contribution in [0.25, 0.3) is 0 Å². The molecule has 0 spiro atoms. The van der Waals surface area contributed by atoms with Crippen LogP contribution in [-0.4, -0.2) is 36.2 Å². The molecule has 0 saturated heterocycles. The molecule has 0 heterocycles. The molecule has 0 aliphatic carbocycles. The molecule has 1 aromatic rings. The number of nitro groups is 1. The summed E-state index contributed by atoms with van der Waals surface area (Å²) in [5.74, 6) is -1.10. The lowest BCUT2D eigenvalue weighted by Gasteiger charge is -2.23. The highest BCUT2D eigenvalue weighted by Gasteiger charge is 2.25. The van der Waals surface area contributed by atoms with Crippen molar-refractivity contribution >= 4 is 11.4 Å². The Kier molecular flexibility index (Phi) is 4.90. The van der Waals surface area contributed by atoms with Crippen molar-refractivity contribution in [1.29, 1.82) is 0 Å². The highest BCUT2D eigenvalue weighted by atomic mass is 19.3. The van der Waals surface area contributed by atoms with E-state index in [1.807, 2.05) is 0 Å². The molecule has 100 valence electrons. The first kappa shape index (κ1) is 14.2. The number of rotatable bonds is 6. The SMILES string of the molecule is O=[N+]([O-])c1c(F)cccc1N(CCO)CC(F)F. The monoisotopic (exact) mass is 264 g/mol. The summed E-state index contributed by atoms with van der Waals surface area (Å²) in [6.45, 7) is -1.53. The minimum absolute atomic E-state index is 0.241. The van der Waals surface area contributed by atoms with Crippen LogP contribution < -0.4 is 4.90 Å². The van der Waals surface area contributed by atoms with Crippen molar-refractivity contribution in [2.75, 3.05) is 24.6 Å². The van der Waals surface area contributed by atoms with Gasteiger partial charge in [-0.05, 0) is 12.1 Å². The zero-order chi connectivity index (χ0) is 13.7. The molecule has 0 bridgehead atoms. The molecule has 0 unspecified atom stereocenters. The maximum atomic E-state index is 13.3. The number of anilines is 1. The maximum absolute atomic E-state index is 13.3. The largest absolute Gasteiger partial charge is 0.395 e. The summed E-state index contributed by atoms with van der Waals surface area (Å²) in [6.07, 6.45) is -2.75. The summed E-state index contributed by atoms with van der Waals surface area (Å²) >= 11 is 0. The van der Waals surface area contributed by atoms with Gasteiger partial charge in [-0.1, -0.05) is 6.07 Å². The van der Waals surface area contributed by atoms with Gasteiger partial charge in [-0.2, -0.15) is 4.39 Å². The summed E-state index contributed by atoms with van der Waals surface area (Å²) in [6, 6.07) is 3.23. The molecule has 0 fully saturated rings. The van der Waals surface area contributed by atoms with Gasteiger partial charge in [0.15, 0.2) is 0 Å². The molecule has 0 saturated carbocycles. The first-order valence-corrected chi connectivity index (χ1v) is 5.04. The van der Waals surface area contributed by atoms with Crippen LogP contribution in [0, 0.1) is 15.9 Å². The number of alkyl halides is 2. The standard InChI is InChI=1S/C10H11F3N2O3/c11-7-2-1-3-8(10(7)15(17)18)14(4-5-16)6-9(12)13/h1-3,9,16H,4-6H2. The van der Waals surface area contributed by atoms with Crippen LogP contribution in [0.5, 0.6) is 0 Å². The van der Waals surface area contributed by atoms with Gasteiger partial charge >= 0.3 is 5.69 Å². The van der Waals surface area contributed by atoms with E-state index < -0.39 is 36.0 Å². The highest BCUT2D eigenvalue weighted by molar-refractivity contribution is 5.63. The average Bonchev–Trinajstić information content (AvgIpc) is 2.27. The Balaban J connectivity index is 3.18. The first-order chi connectivity index (χ1) is 8.47. The first-order valence-electron chi connectivity index (χ1n) is 5.04. The fraction of sp³-hybridized carbons (Fsp3) is 0.400. The fourth-order valence-corrected chi connectivity index (χ4v) is 1.54. The second-order valence-electron chi connectivity index (χ2n) is 3.43. The van der Waals surface area contributed by atoms with E-state index in [1.165, 1.54) is 12.1 Å². The van der Waals surface area contributed by atoms with E-state index in [9.17, 15) is 23.3 Å². The van der Waals surface area contributed by atoms with Crippen LogP contribution in [0.3, 0.4) is 0 Å². The van der Waals surface area contributed by atoms with Gasteiger partial charge in [0.1, 0.15) is 5.69 Å². The third-order valence-electron chi connectivity index (χ3n) is 2.22. The van der Waals surface area contributed by atoms with Gasteiger partial charge in [0.2, 0.25) is 5.82 Å². The van der Waals surface area contributed by atoms with E-state index >= 15 is 0 Å². The fourth-order valence-electron chi connectivity index (χ4n) is 1.54. The molecule has 1 rings (SSSR count). The molecule has 1 N–H and O–H groups in total. The molecular formula is C10H11F3N2O3. The molecular weight excluding hydrogens is 253 g/mol. The van der Waals surface area contributed by atoms with Crippen LogP contribution in [-0.2, 0) is 0 Å². The van der Waals surface area contributed by atoms with Crippen molar-refractivity contribution in [1.82, 2.24) is 0 Å². The summed E-state index contributed by atoms with van der Waals surface area (Å²) in [4.78, 5) is 10.6. The number of nitrogens with zero attached hydrogens (tertiary/aromatic N) is 2. The van der Waals surface area contributed by atoms with Crippen LogP contribution in [0.4, 0.5) is 24.5 Å². The molecule has 0 radical (unpaired) electrons. The molecule has 0 aromatic heterocycles. The van der Waals surface area contributed by atoms with Crippen molar-refractivity contribution in [3.63, 3.8) is 0 Å². The summed E-state index contributed by atoms with van der Waals surface area (Å²) in [5.41, 5.74) is -1.14. The maximum Gasteiger partial charge on any atom is 0.327 e. The van der Waals surface area contributed by atoms with Crippen LogP contribution in [0.15, 0.2) is 18.2 Å². The molecule has 0 amide bonds. The summed E-state index contributed by atoms with van der Waals surface area (Å²) in [7, 11) is 0. The van der Waals surface area contributed by atoms with E-state index in [4.69, 9.17) is 5.11 Å². The van der Waals surface area contributed by atoms with Crippen LogP contribution in [0.2, 0.25) is 0 Å². The lowest BCUT2D eigenvalue weighted by atomic mass is 10.2. The Hall–Kier alpha value is -1.83. The molecule has 8 heteroatoms. The van der Waals surface area contributed by atoms with E-state index in [2.05, 4.69) is 0 Å². The van der Waals surface area contributed by atoms with Crippen LogP contribution >= 0.6 is 0 Å². The normalized spacial score (nSPS) is 10.7. The minimum atomic E-state index is -2.75. The van der Waals surface area contributed by atoms with Gasteiger partial charge in [-0.25, -0.2) is 8.78 Å². The molecule has 0 aliphatic rings. The molecule has 0 atom stereocenters. The van der Waals surface area contributed by atoms with Crippen molar-refractivity contribution < 1.29 is 23.2 Å². The second-order valence-corrected chi connectivity index (χ2v) is 3.43. The summed E-state index contributed by atoms with van der Waals surface area (Å²) in [5, 5.41) is 19.5. The number of hydrogen-bond acceptors (Lipinski definition) is 4. The lowest BCUT2D eigenvalue weighted by molar-refractivity contribution is -0.386. The Bertz CT molecular complexity index is 429. The van der Waals surface area contributed by atoms with Gasteiger partial charge in [0, 0.05) is 6.54 Å². The van der Waals surface area contributed by atoms with E-state index in [1.54, 1.807) is 0 Å². The summed E-state index contributed by atoms with van der Waals surface area (Å²) < 4.78 is 38.0. The van der Waals surface area contributed by atoms with E-state index in [0.29, 0.717) is 0 Å². The van der Waals surface area contributed by atoms with Crippen molar-refractivity contribution in [3.8, 4) is 0 Å². The number of aliphatic hydroxyl groups is 1. The zero-order valence-electron chi connectivity index (χ0n) is 9.22. The van der Waals surface area contributed by atoms with Crippen molar-refractivity contribution in [2.45, 2.75) is 6.43 Å². The van der Waals surface area contributed by atoms with E-state index in [-0.39, 0.29) is 12.2 Å². The number of benzene rings is 1. The third-order valence-corrected chi connectivity index (χ3v) is 2.22. The third kappa shape index (κ3) is 3.33. The predicted octanol–water partition coefficient (Wildman–Crippen LogP) is 1.80. The van der Waals surface area contributed by atoms with Crippen molar-refractivity contribution in [2.24, 2.45) is 0 Å². The van der Waals surface area contributed by atoms with Gasteiger partial charge in [-0.15, -0.1) is 0 Å². The molecule has 18 heavy (non-hydrogen) atoms. The van der Waals surface area contributed by atoms with Gasteiger partial charge in [-0.3, -0.25) is 10.1 Å². The van der Waals surface area contributed by atoms with Crippen LogP contribution in [0.1, 0.15) is 0 Å². The topological polar surface area (TPSA) is 66.6 Å². The second kappa shape index (κ2) is 6.20. The van der Waals surface area contributed by atoms with Crippen molar-refractivity contribution in [3.05, 3.63) is 34.1 Å². The van der Waals surface area contributed by atoms with Gasteiger partial charge in [0.25, 0.3) is 6.43 Å². The smallest absolute Gasteiger partial charge is 0.327 e. The Morgan fingerprint density at radius 1 is 1.44 bits per heavy atom.